The van der Waals surface area contributed by atoms with Gasteiger partial charge in [0.15, 0.2) is 0 Å². The Morgan fingerprint density at radius 1 is 1.33 bits per heavy atom. The number of aryl methyl sites for hydroxylation is 1. The van der Waals surface area contributed by atoms with Gasteiger partial charge in [-0.2, -0.15) is 0 Å². The van der Waals surface area contributed by atoms with E-state index in [0.717, 1.165) is 6.42 Å². The van der Waals surface area contributed by atoms with Crippen LogP contribution in [0.5, 0.6) is 5.75 Å². The average molecular weight is 315 g/mol. The Morgan fingerprint density at radius 2 is 2.00 bits per heavy atom. The Kier molecular flexibility index (Phi) is 6.65. The molecule has 0 heterocycles. The first-order valence-electron chi connectivity index (χ1n) is 6.71. The van der Waals surface area contributed by atoms with Crippen molar-refractivity contribution in [1.82, 2.24) is 0 Å². The second-order valence-electron chi connectivity index (χ2n) is 4.44. The van der Waals surface area contributed by atoms with Gasteiger partial charge in [0.2, 0.25) is 11.9 Å². The Bertz CT molecular complexity index is 527. The number of carbonyl (C=O) groups is 2. The summed E-state index contributed by atoms with van der Waals surface area (Å²) in [6, 6.07) is 2.92. The van der Waals surface area contributed by atoms with Crippen LogP contribution in [0.4, 0.5) is 0 Å². The molecule has 0 aliphatic heterocycles. The summed E-state index contributed by atoms with van der Waals surface area (Å²) < 4.78 is 9.68. The number of hydrogen-bond acceptors (Lipinski definition) is 5. The van der Waals surface area contributed by atoms with E-state index in [1.807, 2.05) is 6.92 Å². The van der Waals surface area contributed by atoms with Crippen LogP contribution in [0.15, 0.2) is 12.1 Å². The zero-order valence-corrected chi connectivity index (χ0v) is 13.1. The van der Waals surface area contributed by atoms with Crippen LogP contribution in [-0.4, -0.2) is 36.7 Å². The van der Waals surface area contributed by atoms with Crippen molar-refractivity contribution in [3.05, 3.63) is 28.3 Å². The smallest absolute Gasteiger partial charge is 0.343 e. The van der Waals surface area contributed by atoms with E-state index in [0.29, 0.717) is 17.0 Å². The number of benzene rings is 1. The van der Waals surface area contributed by atoms with Gasteiger partial charge in [0.05, 0.1) is 12.2 Å². The van der Waals surface area contributed by atoms with Crippen molar-refractivity contribution in [2.24, 2.45) is 0 Å². The number of phenols is 1. The maximum Gasteiger partial charge on any atom is 0.343 e. The molecule has 5 nitrogen and oxygen atoms in total. The van der Waals surface area contributed by atoms with E-state index in [1.165, 1.54) is 13.2 Å². The van der Waals surface area contributed by atoms with Gasteiger partial charge in [-0.05, 0) is 31.0 Å². The van der Waals surface area contributed by atoms with E-state index in [2.05, 4.69) is 0 Å². The van der Waals surface area contributed by atoms with Crippen molar-refractivity contribution in [2.45, 2.75) is 32.8 Å². The molecule has 0 radical (unpaired) electrons. The lowest BCUT2D eigenvalue weighted by Gasteiger charge is -2.15. The molecule has 1 N–H and O–H groups in total. The molecule has 0 spiro atoms. The first-order chi connectivity index (χ1) is 9.96. The normalized spacial score (nSPS) is 12.0. The molecule has 0 aromatic heterocycles. The number of ketones is 1. The van der Waals surface area contributed by atoms with Crippen molar-refractivity contribution in [3.8, 4) is 5.75 Å². The topological polar surface area (TPSA) is 72.8 Å². The molecule has 0 aliphatic rings. The number of phenolic OH excluding ortho intramolecular Hbond substituents is 1. The molecule has 21 heavy (non-hydrogen) atoms. The summed E-state index contributed by atoms with van der Waals surface area (Å²) in [6.45, 7) is 3.71. The van der Waals surface area contributed by atoms with Crippen LogP contribution in [0.25, 0.3) is 0 Å². The number of ether oxygens (including phenoxy) is 2. The Labute approximate surface area is 128 Å². The van der Waals surface area contributed by atoms with Gasteiger partial charge in [-0.15, -0.1) is 0 Å². The second kappa shape index (κ2) is 8.00. The van der Waals surface area contributed by atoms with Crippen molar-refractivity contribution < 1.29 is 24.2 Å². The van der Waals surface area contributed by atoms with Crippen LogP contribution >= 0.6 is 11.6 Å². The molecule has 116 valence electrons. The molecule has 0 bridgehead atoms. The summed E-state index contributed by atoms with van der Waals surface area (Å²) in [7, 11) is 1.23. The van der Waals surface area contributed by atoms with E-state index in [1.54, 1.807) is 13.0 Å². The van der Waals surface area contributed by atoms with E-state index < -0.39 is 17.9 Å². The average Bonchev–Trinajstić information content (AvgIpc) is 2.43. The second-order valence-corrected chi connectivity index (χ2v) is 4.88. The van der Waals surface area contributed by atoms with Crippen LogP contribution in [-0.2, 0) is 20.7 Å². The highest BCUT2D eigenvalue weighted by Crippen LogP contribution is 2.29. The van der Waals surface area contributed by atoms with Gasteiger partial charge in [0.25, 0.3) is 0 Å². The largest absolute Gasteiger partial charge is 0.507 e. The van der Waals surface area contributed by atoms with Crippen molar-refractivity contribution in [2.75, 3.05) is 13.7 Å². The van der Waals surface area contributed by atoms with Gasteiger partial charge in [-0.1, -0.05) is 24.9 Å². The van der Waals surface area contributed by atoms with E-state index >= 15 is 0 Å². The summed E-state index contributed by atoms with van der Waals surface area (Å²) >= 11 is 5.97. The minimum Gasteiger partial charge on any atom is -0.507 e. The first-order valence-corrected chi connectivity index (χ1v) is 7.09. The molecule has 0 aliphatic carbocycles. The lowest BCUT2D eigenvalue weighted by Crippen LogP contribution is -2.34. The van der Waals surface area contributed by atoms with E-state index in [-0.39, 0.29) is 17.9 Å². The molecular weight excluding hydrogens is 296 g/mol. The Hall–Kier alpha value is -1.59. The summed E-state index contributed by atoms with van der Waals surface area (Å²) in [6.07, 6.45) is -0.0552. The third-order valence-electron chi connectivity index (χ3n) is 2.91. The van der Waals surface area contributed by atoms with Crippen LogP contribution in [0.3, 0.4) is 0 Å². The number of Topliss-reactive ketones (excluding diaryl/α,β-unsaturated/α-hetero) is 1. The van der Waals surface area contributed by atoms with Gasteiger partial charge in [0, 0.05) is 12.1 Å². The van der Waals surface area contributed by atoms with Crippen LogP contribution in [0, 0.1) is 0 Å². The molecule has 1 aromatic rings. The number of esters is 1. The molecule has 0 fully saturated rings. The number of halogens is 1. The summed E-state index contributed by atoms with van der Waals surface area (Å²) in [5.74, 6) is -1.63. The molecule has 0 saturated heterocycles. The molecule has 0 amide bonds. The molecule has 6 heteroatoms. The van der Waals surface area contributed by atoms with Gasteiger partial charge >= 0.3 is 5.97 Å². The quantitative estimate of drug-likeness (QED) is 0.476. The molecule has 1 rings (SSSR count). The lowest BCUT2D eigenvalue weighted by atomic mass is 9.99. The molecule has 1 unspecified atom stereocenters. The highest BCUT2D eigenvalue weighted by molar-refractivity contribution is 6.31. The molecule has 1 atom stereocenters. The number of methoxy groups -OCH3 is 1. The first kappa shape index (κ1) is 17.5. The number of hydrogen-bond donors (Lipinski definition) is 1. The van der Waals surface area contributed by atoms with Crippen molar-refractivity contribution >= 4 is 23.4 Å². The van der Waals surface area contributed by atoms with Crippen LogP contribution in [0.1, 0.15) is 36.2 Å². The summed E-state index contributed by atoms with van der Waals surface area (Å²) in [5.41, 5.74) is 0.526. The van der Waals surface area contributed by atoms with E-state index in [9.17, 15) is 14.7 Å². The predicted molar refractivity (Wildman–Crippen MR) is 78.9 cm³/mol. The maximum atomic E-state index is 12.4. The summed E-state index contributed by atoms with van der Waals surface area (Å²) in [5, 5.41) is 10.5. The number of aromatic hydroxyl groups is 1. The summed E-state index contributed by atoms with van der Waals surface area (Å²) in [4.78, 5) is 24.1. The zero-order valence-electron chi connectivity index (χ0n) is 12.3. The van der Waals surface area contributed by atoms with Gasteiger partial charge in [0.1, 0.15) is 5.75 Å². The number of carbonyl (C=O) groups excluding carboxylic acids is 2. The number of rotatable bonds is 7. The standard InChI is InChI=1S/C15H19ClO5/c1-4-6-9-7-10(16)8-11(12(9)17)13(18)14(20-3)15(19)21-5-2/h7-8,14,17H,4-6H2,1-3H3. The fraction of sp³-hybridized carbons (Fsp3) is 0.467. The highest BCUT2D eigenvalue weighted by Gasteiger charge is 2.31. The highest BCUT2D eigenvalue weighted by atomic mass is 35.5. The van der Waals surface area contributed by atoms with Crippen molar-refractivity contribution in [1.29, 1.82) is 0 Å². The van der Waals surface area contributed by atoms with Gasteiger partial charge in [-0.25, -0.2) is 4.79 Å². The fourth-order valence-corrected chi connectivity index (χ4v) is 2.21. The van der Waals surface area contributed by atoms with Crippen molar-refractivity contribution in [3.63, 3.8) is 0 Å². The molecule has 1 aromatic carbocycles. The molecular formula is C15H19ClO5. The third-order valence-corrected chi connectivity index (χ3v) is 3.13. The fourth-order valence-electron chi connectivity index (χ4n) is 1.97. The van der Waals surface area contributed by atoms with E-state index in [4.69, 9.17) is 21.1 Å². The molecule has 0 saturated carbocycles. The maximum absolute atomic E-state index is 12.4. The SMILES string of the molecule is CCCc1cc(Cl)cc(C(=O)C(OC)C(=O)OCC)c1O. The lowest BCUT2D eigenvalue weighted by molar-refractivity contribution is -0.151. The Balaban J connectivity index is 3.19. The monoisotopic (exact) mass is 314 g/mol. The minimum atomic E-state index is -1.41. The van der Waals surface area contributed by atoms with Gasteiger partial charge < -0.3 is 14.6 Å². The zero-order chi connectivity index (χ0) is 16.0. The Morgan fingerprint density at radius 3 is 2.52 bits per heavy atom. The van der Waals surface area contributed by atoms with Gasteiger partial charge in [-0.3, -0.25) is 4.79 Å². The predicted octanol–water partition coefficient (Wildman–Crippen LogP) is 2.76. The van der Waals surface area contributed by atoms with Crippen LogP contribution < -0.4 is 0 Å². The third kappa shape index (κ3) is 4.19. The van der Waals surface area contributed by atoms with Crippen LogP contribution in [0.2, 0.25) is 5.02 Å². The minimum absolute atomic E-state index is 0.0362.